The van der Waals surface area contributed by atoms with Crippen LogP contribution >= 0.6 is 0 Å². The molecular formula is C23H25NO7. The summed E-state index contributed by atoms with van der Waals surface area (Å²) < 4.78 is 14.1. The predicted molar refractivity (Wildman–Crippen MR) is 111 cm³/mol. The van der Waals surface area contributed by atoms with E-state index in [-0.39, 0.29) is 0 Å². The summed E-state index contributed by atoms with van der Waals surface area (Å²) in [5.74, 6) is -5.08. The summed E-state index contributed by atoms with van der Waals surface area (Å²) in [5.41, 5.74) is 1.38. The van der Waals surface area contributed by atoms with Crippen molar-refractivity contribution < 1.29 is 33.4 Å². The molecule has 0 fully saturated rings. The number of ether oxygens (including phenoxy) is 3. The van der Waals surface area contributed by atoms with Crippen molar-refractivity contribution in [1.29, 1.82) is 0 Å². The number of methoxy groups -OCH3 is 3. The van der Waals surface area contributed by atoms with Crippen LogP contribution in [0.25, 0.3) is 0 Å². The predicted octanol–water partition coefficient (Wildman–Crippen LogP) is 1.83. The third-order valence-electron chi connectivity index (χ3n) is 4.80. The average Bonchev–Trinajstić information content (AvgIpc) is 2.81. The lowest BCUT2D eigenvalue weighted by Gasteiger charge is -2.26. The Hall–Kier alpha value is -3.68. The highest BCUT2D eigenvalue weighted by Gasteiger charge is 2.40. The van der Waals surface area contributed by atoms with E-state index in [0.29, 0.717) is 11.1 Å². The summed E-state index contributed by atoms with van der Waals surface area (Å²) in [4.78, 5) is 50.0. The Kier molecular flexibility index (Phi) is 8.75. The van der Waals surface area contributed by atoms with Gasteiger partial charge < -0.3 is 19.5 Å². The number of hydrogen-bond acceptors (Lipinski definition) is 7. The molecule has 2 aromatic carbocycles. The minimum atomic E-state index is -1.45. The Labute approximate surface area is 180 Å². The zero-order chi connectivity index (χ0) is 22.8. The first-order valence-electron chi connectivity index (χ1n) is 9.55. The number of carbonyl (C=O) groups is 4. The van der Waals surface area contributed by atoms with Gasteiger partial charge in [0.1, 0.15) is 6.04 Å². The van der Waals surface area contributed by atoms with Crippen molar-refractivity contribution in [2.24, 2.45) is 5.92 Å². The van der Waals surface area contributed by atoms with Crippen molar-refractivity contribution >= 4 is 23.8 Å². The molecule has 0 radical (unpaired) electrons. The lowest BCUT2D eigenvalue weighted by atomic mass is 9.89. The van der Waals surface area contributed by atoms with E-state index >= 15 is 0 Å². The molecule has 0 aliphatic rings. The number of rotatable bonds is 9. The Morgan fingerprint density at radius 2 is 1.23 bits per heavy atom. The quantitative estimate of drug-likeness (QED) is 0.480. The van der Waals surface area contributed by atoms with Gasteiger partial charge in [0.05, 0.1) is 39.6 Å². The van der Waals surface area contributed by atoms with E-state index in [2.05, 4.69) is 10.1 Å². The summed E-state index contributed by atoms with van der Waals surface area (Å²) in [5, 5.41) is 2.59. The summed E-state index contributed by atoms with van der Waals surface area (Å²) in [6.07, 6.45) is -0.468. The van der Waals surface area contributed by atoms with Crippen LogP contribution in [0.15, 0.2) is 60.7 Å². The molecule has 164 valence electrons. The second kappa shape index (κ2) is 11.5. The van der Waals surface area contributed by atoms with Crippen LogP contribution in [0.4, 0.5) is 0 Å². The molecule has 0 aliphatic heterocycles. The molecule has 8 nitrogen and oxygen atoms in total. The highest BCUT2D eigenvalue weighted by molar-refractivity contribution is 5.94. The van der Waals surface area contributed by atoms with Crippen LogP contribution in [0, 0.1) is 5.92 Å². The van der Waals surface area contributed by atoms with Crippen molar-refractivity contribution in [3.8, 4) is 0 Å². The van der Waals surface area contributed by atoms with Gasteiger partial charge in [-0.25, -0.2) is 4.79 Å². The fraction of sp³-hybridized carbons (Fsp3) is 0.304. The Balaban J connectivity index is 2.43. The van der Waals surface area contributed by atoms with E-state index in [1.54, 1.807) is 48.5 Å². The minimum absolute atomic E-state index is 0.468. The van der Waals surface area contributed by atoms with Gasteiger partial charge in [-0.2, -0.15) is 0 Å². The standard InChI is InChI=1S/C23H25NO7/c1-29-18(25)14-17(22(27)30-2)20(23(28)31-3)24-21(26)19(15-10-6-4-7-11-15)16-12-8-5-9-13-16/h4-13,17,19-20H,14H2,1-3H3,(H,24,26)/t17-,20+/m0/s1. The van der Waals surface area contributed by atoms with Gasteiger partial charge in [0, 0.05) is 0 Å². The molecule has 2 rings (SSSR count). The largest absolute Gasteiger partial charge is 0.469 e. The highest BCUT2D eigenvalue weighted by atomic mass is 16.5. The molecule has 0 spiro atoms. The number of hydrogen-bond donors (Lipinski definition) is 1. The molecule has 0 unspecified atom stereocenters. The van der Waals surface area contributed by atoms with Gasteiger partial charge in [-0.3, -0.25) is 14.4 Å². The fourth-order valence-electron chi connectivity index (χ4n) is 3.23. The fourth-order valence-corrected chi connectivity index (χ4v) is 3.23. The SMILES string of the molecule is COC(=O)C[C@H](C(=O)OC)[C@@H](NC(=O)C(c1ccccc1)c1ccccc1)C(=O)OC. The maximum atomic E-state index is 13.4. The van der Waals surface area contributed by atoms with Gasteiger partial charge in [-0.15, -0.1) is 0 Å². The van der Waals surface area contributed by atoms with Crippen LogP contribution in [0.1, 0.15) is 23.5 Å². The molecule has 0 heterocycles. The van der Waals surface area contributed by atoms with Crippen LogP contribution in [0.5, 0.6) is 0 Å². The summed E-state index contributed by atoms with van der Waals surface area (Å²) in [6.45, 7) is 0. The first-order valence-corrected chi connectivity index (χ1v) is 9.55. The molecule has 2 atom stereocenters. The normalized spacial score (nSPS) is 12.4. The van der Waals surface area contributed by atoms with Gasteiger partial charge in [0.15, 0.2) is 0 Å². The van der Waals surface area contributed by atoms with Crippen molar-refractivity contribution in [2.75, 3.05) is 21.3 Å². The van der Waals surface area contributed by atoms with Crippen molar-refractivity contribution in [3.63, 3.8) is 0 Å². The first-order chi connectivity index (χ1) is 14.9. The second-order valence-corrected chi connectivity index (χ2v) is 6.67. The molecule has 8 heteroatoms. The van der Waals surface area contributed by atoms with Gasteiger partial charge in [-0.05, 0) is 11.1 Å². The Morgan fingerprint density at radius 1 is 0.742 bits per heavy atom. The highest BCUT2D eigenvalue weighted by Crippen LogP contribution is 2.26. The molecule has 1 amide bonds. The molecular weight excluding hydrogens is 402 g/mol. The summed E-state index contributed by atoms with van der Waals surface area (Å²) in [6, 6.07) is 16.5. The van der Waals surface area contributed by atoms with Crippen molar-refractivity contribution in [3.05, 3.63) is 71.8 Å². The first kappa shape index (κ1) is 23.6. The number of esters is 3. The molecule has 0 saturated carbocycles. The third-order valence-corrected chi connectivity index (χ3v) is 4.80. The molecule has 31 heavy (non-hydrogen) atoms. The molecule has 2 aromatic rings. The van der Waals surface area contributed by atoms with Crippen LogP contribution in [-0.4, -0.2) is 51.2 Å². The van der Waals surface area contributed by atoms with Crippen LogP contribution in [-0.2, 0) is 33.4 Å². The smallest absolute Gasteiger partial charge is 0.329 e. The van der Waals surface area contributed by atoms with E-state index < -0.39 is 48.1 Å². The van der Waals surface area contributed by atoms with Gasteiger partial charge in [0.25, 0.3) is 0 Å². The molecule has 0 saturated heterocycles. The van der Waals surface area contributed by atoms with Gasteiger partial charge in [-0.1, -0.05) is 60.7 Å². The van der Waals surface area contributed by atoms with Gasteiger partial charge >= 0.3 is 17.9 Å². The van der Waals surface area contributed by atoms with E-state index in [1.165, 1.54) is 0 Å². The maximum absolute atomic E-state index is 13.4. The van der Waals surface area contributed by atoms with E-state index in [0.717, 1.165) is 21.3 Å². The Bertz CT molecular complexity index is 859. The zero-order valence-electron chi connectivity index (χ0n) is 17.6. The average molecular weight is 427 g/mol. The molecule has 1 N–H and O–H groups in total. The number of benzene rings is 2. The number of amides is 1. The van der Waals surface area contributed by atoms with Crippen molar-refractivity contribution in [2.45, 2.75) is 18.4 Å². The zero-order valence-corrected chi connectivity index (χ0v) is 17.6. The minimum Gasteiger partial charge on any atom is -0.469 e. The lowest BCUT2D eigenvalue weighted by Crippen LogP contribution is -2.51. The summed E-state index contributed by atoms with van der Waals surface area (Å²) in [7, 11) is 3.41. The monoisotopic (exact) mass is 427 g/mol. The van der Waals surface area contributed by atoms with E-state index in [4.69, 9.17) is 9.47 Å². The maximum Gasteiger partial charge on any atom is 0.329 e. The molecule has 0 aliphatic carbocycles. The topological polar surface area (TPSA) is 108 Å². The number of nitrogens with one attached hydrogen (secondary N) is 1. The second-order valence-electron chi connectivity index (χ2n) is 6.67. The lowest BCUT2D eigenvalue weighted by molar-refractivity contribution is -0.159. The van der Waals surface area contributed by atoms with E-state index in [1.807, 2.05) is 12.1 Å². The van der Waals surface area contributed by atoms with E-state index in [9.17, 15) is 19.2 Å². The van der Waals surface area contributed by atoms with Crippen LogP contribution in [0.3, 0.4) is 0 Å². The van der Waals surface area contributed by atoms with Gasteiger partial charge in [0.2, 0.25) is 5.91 Å². The van der Waals surface area contributed by atoms with Crippen molar-refractivity contribution in [1.82, 2.24) is 5.32 Å². The van der Waals surface area contributed by atoms with Crippen LogP contribution in [0.2, 0.25) is 0 Å². The van der Waals surface area contributed by atoms with Crippen LogP contribution < -0.4 is 5.32 Å². The Morgan fingerprint density at radius 3 is 1.65 bits per heavy atom. The summed E-state index contributed by atoms with van der Waals surface area (Å²) >= 11 is 0. The molecule has 0 aromatic heterocycles. The molecule has 0 bridgehead atoms. The third kappa shape index (κ3) is 6.15. The number of carbonyl (C=O) groups excluding carboxylic acids is 4.